The molecule has 0 aromatic heterocycles. The Bertz CT molecular complexity index is 1590. The molecule has 9 rings (SSSR count). The summed E-state index contributed by atoms with van der Waals surface area (Å²) >= 11 is 0. The number of hydrogen-bond donors (Lipinski definition) is 0. The summed E-state index contributed by atoms with van der Waals surface area (Å²) < 4.78 is 6.99. The highest BCUT2D eigenvalue weighted by molar-refractivity contribution is 5.82. The number of benzene rings is 1. The molecule has 1 fully saturated rings. The van der Waals surface area contributed by atoms with Crippen molar-refractivity contribution in [1.82, 2.24) is 0 Å². The van der Waals surface area contributed by atoms with Gasteiger partial charge in [-0.15, -0.1) is 0 Å². The van der Waals surface area contributed by atoms with E-state index in [9.17, 15) is 0 Å². The molecule has 0 amide bonds. The lowest BCUT2D eigenvalue weighted by molar-refractivity contribution is 0.0103. The molecule has 1 aromatic rings. The summed E-state index contributed by atoms with van der Waals surface area (Å²) in [6, 6.07) is 9.84. The third-order valence-corrected chi connectivity index (χ3v) is 11.9. The summed E-state index contributed by atoms with van der Waals surface area (Å²) in [6.45, 7) is 0. The van der Waals surface area contributed by atoms with Gasteiger partial charge in [0.2, 0.25) is 0 Å². The Hall–Kier alpha value is -3.16. The minimum absolute atomic E-state index is 0.279. The van der Waals surface area contributed by atoms with Gasteiger partial charge in [-0.3, -0.25) is 0 Å². The van der Waals surface area contributed by atoms with E-state index in [2.05, 4.69) is 91.1 Å². The van der Waals surface area contributed by atoms with E-state index in [-0.39, 0.29) is 6.10 Å². The number of hydrogen-bond acceptors (Lipinski definition) is 1. The Morgan fingerprint density at radius 1 is 0.721 bits per heavy atom. The second kappa shape index (κ2) is 10.8. The van der Waals surface area contributed by atoms with Crippen molar-refractivity contribution >= 4 is 5.57 Å². The molecule has 7 aliphatic carbocycles. The largest absolute Gasteiger partial charge is 0.369 e. The van der Waals surface area contributed by atoms with Crippen LogP contribution in [0.3, 0.4) is 0 Å². The number of ether oxygens (including phenoxy) is 1. The predicted molar refractivity (Wildman–Crippen MR) is 177 cm³/mol. The van der Waals surface area contributed by atoms with E-state index in [1.54, 1.807) is 33.4 Å². The van der Waals surface area contributed by atoms with Crippen LogP contribution in [0.15, 0.2) is 125 Å². The molecule has 1 aliphatic heterocycles. The first-order valence-electron chi connectivity index (χ1n) is 17.3. The van der Waals surface area contributed by atoms with E-state index in [1.807, 2.05) is 0 Å². The average Bonchev–Trinajstić information content (AvgIpc) is 3.46. The first-order chi connectivity index (χ1) is 21.3. The Balaban J connectivity index is 1.10. The zero-order valence-electron chi connectivity index (χ0n) is 25.4. The molecule has 7 unspecified atom stereocenters. The van der Waals surface area contributed by atoms with Gasteiger partial charge < -0.3 is 4.74 Å². The number of allylic oxidation sites excluding steroid dienone is 15. The Morgan fingerprint density at radius 3 is 2.56 bits per heavy atom. The van der Waals surface area contributed by atoms with Gasteiger partial charge in [0, 0.05) is 29.6 Å². The van der Waals surface area contributed by atoms with Gasteiger partial charge in [-0.2, -0.15) is 0 Å². The molecule has 1 heteroatoms. The molecule has 0 bridgehead atoms. The maximum Gasteiger partial charge on any atom is 0.0861 e. The van der Waals surface area contributed by atoms with Crippen molar-refractivity contribution in [3.05, 3.63) is 136 Å². The highest BCUT2D eigenvalue weighted by Crippen LogP contribution is 2.58. The molecule has 1 heterocycles. The van der Waals surface area contributed by atoms with Crippen LogP contribution in [0.1, 0.15) is 87.7 Å². The maximum absolute atomic E-state index is 6.99. The zero-order valence-corrected chi connectivity index (χ0v) is 25.4. The number of rotatable bonds is 3. The standard InChI is InChI=1S/C42H44O/c1-2-13-30-27(11-1)12-9-19-31(30)28-23-25-29(26-24-28)40-33-15-3-5-17-35(33)41(36-18-6-4-16-34(36)40)38-21-10-20-37-32-14-7-8-22-39(32)43-42(37)38/h1,3-5,7,11,14-16,19-20,23-26,32,34-35,38-40,42H,2,6,8-10,12-13,17-18,21-22H2. The summed E-state index contributed by atoms with van der Waals surface area (Å²) in [5.41, 5.74) is 14.3. The first kappa shape index (κ1) is 26.3. The smallest absolute Gasteiger partial charge is 0.0861 e. The van der Waals surface area contributed by atoms with Gasteiger partial charge in [0.15, 0.2) is 0 Å². The molecule has 0 spiro atoms. The molecule has 1 saturated heterocycles. The van der Waals surface area contributed by atoms with Crippen molar-refractivity contribution in [3.63, 3.8) is 0 Å². The van der Waals surface area contributed by atoms with Gasteiger partial charge in [-0.25, -0.2) is 0 Å². The summed E-state index contributed by atoms with van der Waals surface area (Å²) in [5, 5.41) is 0. The van der Waals surface area contributed by atoms with Crippen LogP contribution in [-0.4, -0.2) is 12.2 Å². The quantitative estimate of drug-likeness (QED) is 0.332. The zero-order chi connectivity index (χ0) is 28.3. The van der Waals surface area contributed by atoms with Gasteiger partial charge in [0.1, 0.15) is 0 Å². The van der Waals surface area contributed by atoms with Crippen molar-refractivity contribution in [2.24, 2.45) is 23.7 Å². The molecule has 1 nitrogen and oxygen atoms in total. The van der Waals surface area contributed by atoms with Crippen molar-refractivity contribution < 1.29 is 4.74 Å². The fourth-order valence-electron chi connectivity index (χ4n) is 10.1. The SMILES string of the molecule is C1=CCC2C(=C1)C(c1ccc(C3=CCCC4=C3CCC=C4)cc1)C1C=CCCC1=C2C1CCC=C2C3C=CCCC3OC21. The topological polar surface area (TPSA) is 9.23 Å². The monoisotopic (exact) mass is 564 g/mol. The fourth-order valence-corrected chi connectivity index (χ4v) is 10.1. The van der Waals surface area contributed by atoms with Gasteiger partial charge in [0.25, 0.3) is 0 Å². The molecule has 7 atom stereocenters. The molecule has 1 aromatic carbocycles. The summed E-state index contributed by atoms with van der Waals surface area (Å²) in [5.74, 6) is 2.45. The van der Waals surface area contributed by atoms with Crippen molar-refractivity contribution in [2.75, 3.05) is 0 Å². The van der Waals surface area contributed by atoms with E-state index in [0.29, 0.717) is 35.7 Å². The van der Waals surface area contributed by atoms with Gasteiger partial charge in [0.05, 0.1) is 12.2 Å². The normalized spacial score (nSPS) is 35.8. The minimum atomic E-state index is 0.279. The fraction of sp³-hybridized carbons (Fsp3) is 0.429. The number of fused-ring (bicyclic) bond motifs is 5. The third kappa shape index (κ3) is 4.29. The van der Waals surface area contributed by atoms with Gasteiger partial charge in [-0.1, -0.05) is 108 Å². The summed E-state index contributed by atoms with van der Waals surface area (Å²) in [4.78, 5) is 0. The molecule has 218 valence electrons. The lowest BCUT2D eigenvalue weighted by Gasteiger charge is -2.47. The minimum Gasteiger partial charge on any atom is -0.369 e. The van der Waals surface area contributed by atoms with Crippen LogP contribution in [0.4, 0.5) is 0 Å². The highest BCUT2D eigenvalue weighted by atomic mass is 16.5. The third-order valence-electron chi connectivity index (χ3n) is 11.9. The predicted octanol–water partition coefficient (Wildman–Crippen LogP) is 10.4. The van der Waals surface area contributed by atoms with Crippen LogP contribution in [0, 0.1) is 23.7 Å². The highest BCUT2D eigenvalue weighted by Gasteiger charge is 2.49. The Morgan fingerprint density at radius 2 is 1.60 bits per heavy atom. The van der Waals surface area contributed by atoms with E-state index in [1.165, 1.54) is 74.5 Å². The Kier molecular flexibility index (Phi) is 6.58. The van der Waals surface area contributed by atoms with Crippen LogP contribution >= 0.6 is 0 Å². The molecular weight excluding hydrogens is 520 g/mol. The van der Waals surface area contributed by atoms with Gasteiger partial charge in [-0.05, 0) is 104 Å². The lowest BCUT2D eigenvalue weighted by Crippen LogP contribution is -2.37. The second-order valence-corrected chi connectivity index (χ2v) is 14.1. The first-order valence-corrected chi connectivity index (χ1v) is 17.3. The Labute approximate surface area is 257 Å². The van der Waals surface area contributed by atoms with Crippen LogP contribution in [-0.2, 0) is 4.74 Å². The van der Waals surface area contributed by atoms with Crippen molar-refractivity contribution in [3.8, 4) is 0 Å². The lowest BCUT2D eigenvalue weighted by atomic mass is 9.57. The molecule has 8 aliphatic rings. The van der Waals surface area contributed by atoms with E-state index in [0.717, 1.165) is 12.8 Å². The molecule has 0 N–H and O–H groups in total. The van der Waals surface area contributed by atoms with Crippen molar-refractivity contribution in [2.45, 2.75) is 88.8 Å². The molecule has 0 radical (unpaired) electrons. The van der Waals surface area contributed by atoms with E-state index >= 15 is 0 Å². The maximum atomic E-state index is 6.99. The average molecular weight is 565 g/mol. The van der Waals surface area contributed by atoms with E-state index in [4.69, 9.17) is 4.74 Å². The van der Waals surface area contributed by atoms with Crippen LogP contribution in [0.2, 0.25) is 0 Å². The molecule has 43 heavy (non-hydrogen) atoms. The van der Waals surface area contributed by atoms with Gasteiger partial charge >= 0.3 is 0 Å². The van der Waals surface area contributed by atoms with Crippen LogP contribution < -0.4 is 0 Å². The molecule has 0 saturated carbocycles. The van der Waals surface area contributed by atoms with Crippen molar-refractivity contribution in [1.29, 1.82) is 0 Å². The second-order valence-electron chi connectivity index (χ2n) is 14.1. The van der Waals surface area contributed by atoms with Crippen LogP contribution in [0.25, 0.3) is 5.57 Å². The van der Waals surface area contributed by atoms with Crippen LogP contribution in [0.5, 0.6) is 0 Å². The summed E-state index contributed by atoms with van der Waals surface area (Å²) in [7, 11) is 0. The molecular formula is C42H44O. The summed E-state index contributed by atoms with van der Waals surface area (Å²) in [6.07, 6.45) is 40.7. The van der Waals surface area contributed by atoms with E-state index < -0.39 is 0 Å².